The highest BCUT2D eigenvalue weighted by Gasteiger charge is 2.35. The van der Waals surface area contributed by atoms with Crippen LogP contribution in [0.2, 0.25) is 10.0 Å². The third kappa shape index (κ3) is 7.50. The van der Waals surface area contributed by atoms with Crippen molar-refractivity contribution in [3.8, 4) is 17.2 Å². The normalized spacial score (nSPS) is 14.2. The van der Waals surface area contributed by atoms with Crippen LogP contribution in [0.15, 0.2) is 113 Å². The third-order valence-corrected chi connectivity index (χ3v) is 12.1. The summed E-state index contributed by atoms with van der Waals surface area (Å²) in [5.41, 5.74) is 2.81. The van der Waals surface area contributed by atoms with E-state index in [4.69, 9.17) is 42.4 Å². The average molecular weight is 819 g/mol. The molecule has 0 spiro atoms. The van der Waals surface area contributed by atoms with Crippen molar-refractivity contribution in [3.63, 3.8) is 0 Å². The van der Waals surface area contributed by atoms with Crippen molar-refractivity contribution in [1.82, 2.24) is 9.66 Å². The number of benzene rings is 5. The Morgan fingerprint density at radius 1 is 0.836 bits per heavy atom. The first-order chi connectivity index (χ1) is 26.5. The largest absolute Gasteiger partial charge is 0.493 e. The van der Waals surface area contributed by atoms with Crippen LogP contribution < -0.4 is 34.8 Å². The van der Waals surface area contributed by atoms with Gasteiger partial charge < -0.3 is 19.5 Å². The van der Waals surface area contributed by atoms with Crippen LogP contribution in [0.3, 0.4) is 0 Å². The van der Waals surface area contributed by atoms with Crippen molar-refractivity contribution in [2.24, 2.45) is 0 Å². The second kappa shape index (κ2) is 15.7. The molecule has 7 rings (SSSR count). The van der Waals surface area contributed by atoms with Gasteiger partial charge in [0.05, 0.1) is 58.6 Å². The van der Waals surface area contributed by atoms with E-state index in [0.717, 1.165) is 10.2 Å². The van der Waals surface area contributed by atoms with Gasteiger partial charge in [0.1, 0.15) is 11.2 Å². The number of nitrogens with one attached hydrogen (secondary N) is 2. The molecule has 1 saturated heterocycles. The Labute approximate surface area is 331 Å². The molecule has 12 nitrogen and oxygen atoms in total. The van der Waals surface area contributed by atoms with E-state index in [9.17, 15) is 18.0 Å². The number of thioether (sulfide) groups is 1. The summed E-state index contributed by atoms with van der Waals surface area (Å²) in [6.07, 6.45) is 0.0455. The van der Waals surface area contributed by atoms with Gasteiger partial charge in [0.25, 0.3) is 15.6 Å². The number of ether oxygens (including phenoxy) is 3. The van der Waals surface area contributed by atoms with Crippen LogP contribution in [0.4, 0.5) is 17.1 Å². The van der Waals surface area contributed by atoms with Crippen molar-refractivity contribution in [2.75, 3.05) is 42.1 Å². The Hall–Kier alpha value is -5.41. The first-order valence-electron chi connectivity index (χ1n) is 16.7. The number of fused-ring (bicyclic) bond motifs is 1. The molecule has 16 heteroatoms. The topological polar surface area (TPSA) is 141 Å². The van der Waals surface area contributed by atoms with Gasteiger partial charge in [0, 0.05) is 17.8 Å². The van der Waals surface area contributed by atoms with E-state index in [2.05, 4.69) is 10.1 Å². The molecule has 1 aliphatic heterocycles. The van der Waals surface area contributed by atoms with Gasteiger partial charge in [0.2, 0.25) is 11.7 Å². The summed E-state index contributed by atoms with van der Waals surface area (Å²) < 4.78 is 45.5. The number of aromatic nitrogens is 2. The lowest BCUT2D eigenvalue weighted by Gasteiger charge is -2.26. The molecule has 1 amide bonds. The number of halogens is 2. The van der Waals surface area contributed by atoms with Crippen molar-refractivity contribution in [2.45, 2.75) is 16.7 Å². The van der Waals surface area contributed by atoms with Crippen LogP contribution in [0.1, 0.15) is 22.3 Å². The number of para-hydroxylation sites is 3. The van der Waals surface area contributed by atoms with E-state index < -0.39 is 21.0 Å². The highest BCUT2D eigenvalue weighted by atomic mass is 35.5. The van der Waals surface area contributed by atoms with Gasteiger partial charge in [-0.3, -0.25) is 14.5 Å². The molecule has 5 aromatic carbocycles. The Morgan fingerprint density at radius 3 is 2.16 bits per heavy atom. The minimum absolute atomic E-state index is 0.0455. The third-order valence-electron chi connectivity index (χ3n) is 8.91. The van der Waals surface area contributed by atoms with Crippen molar-refractivity contribution < 1.29 is 27.4 Å². The zero-order valence-corrected chi connectivity index (χ0v) is 32.7. The predicted octanol–water partition coefficient (Wildman–Crippen LogP) is 7.77. The predicted molar refractivity (Wildman–Crippen MR) is 217 cm³/mol. The van der Waals surface area contributed by atoms with Crippen LogP contribution in [-0.4, -0.2) is 51.1 Å². The fourth-order valence-corrected chi connectivity index (χ4v) is 8.94. The minimum atomic E-state index is -4.37. The van der Waals surface area contributed by atoms with Crippen LogP contribution in [0, 0.1) is 0 Å². The number of sulfonamides is 1. The number of anilines is 3. The summed E-state index contributed by atoms with van der Waals surface area (Å²) in [5, 5.41) is 3.85. The van der Waals surface area contributed by atoms with Gasteiger partial charge in [-0.1, -0.05) is 59.6 Å². The number of hydrogen-bond donors (Lipinski definition) is 2. The molecule has 1 aromatic heterocycles. The van der Waals surface area contributed by atoms with E-state index in [1.807, 2.05) is 24.3 Å². The first-order valence-corrected chi connectivity index (χ1v) is 20.0. The Kier molecular flexibility index (Phi) is 10.8. The molecule has 282 valence electrons. The summed E-state index contributed by atoms with van der Waals surface area (Å²) >= 11 is 14.3. The van der Waals surface area contributed by atoms with Gasteiger partial charge in [-0.2, -0.15) is 13.1 Å². The van der Waals surface area contributed by atoms with E-state index >= 15 is 0 Å². The maximum Gasteiger partial charge on any atom is 0.280 e. The fourth-order valence-electron chi connectivity index (χ4n) is 6.26. The van der Waals surface area contributed by atoms with Crippen LogP contribution in [0.5, 0.6) is 17.2 Å². The lowest BCUT2D eigenvalue weighted by Crippen LogP contribution is -2.36. The molecule has 1 unspecified atom stereocenters. The van der Waals surface area contributed by atoms with Crippen molar-refractivity contribution in [1.29, 1.82) is 0 Å². The van der Waals surface area contributed by atoms with Gasteiger partial charge >= 0.3 is 0 Å². The SMILES string of the molecule is COc1cc(C2SCC(=O)N2c2ccc(S(=O)(=O)Nn3c(Cc4ccccc4Nc4c(Cl)cccc4Cl)nc4ccccc4c3=O)cc2)cc(OC)c1OC. The molecular formula is C39H33Cl2N5O7S2. The van der Waals surface area contributed by atoms with Gasteiger partial charge in [-0.05, 0) is 77.9 Å². The molecule has 0 bridgehead atoms. The van der Waals surface area contributed by atoms with E-state index in [1.54, 1.807) is 71.6 Å². The molecule has 1 aliphatic rings. The van der Waals surface area contributed by atoms with Crippen LogP contribution in [-0.2, 0) is 21.2 Å². The van der Waals surface area contributed by atoms with Crippen LogP contribution in [0.25, 0.3) is 10.9 Å². The number of amides is 1. The molecule has 6 aromatic rings. The molecule has 0 aliphatic carbocycles. The lowest BCUT2D eigenvalue weighted by atomic mass is 10.1. The standard InChI is InChI=1S/C39H33Cl2N5O7S2/c1-51-32-19-24(20-33(52-2)37(32)53-3)39-45(35(47)22-54-39)25-15-17-26(18-16-25)55(49,50)44-46-34(42-31-14-7-5-10-27(31)38(46)48)21-23-9-4-6-13-30(23)43-36-28(40)11-8-12-29(36)41/h4-20,39,43-44H,21-22H2,1-3H3. The van der Waals surface area contributed by atoms with E-state index in [-0.39, 0.29) is 34.2 Å². The Morgan fingerprint density at radius 2 is 1.49 bits per heavy atom. The number of methoxy groups -OCH3 is 3. The number of carbonyl (C=O) groups is 1. The lowest BCUT2D eigenvalue weighted by molar-refractivity contribution is -0.115. The van der Waals surface area contributed by atoms with Crippen molar-refractivity contribution in [3.05, 3.63) is 140 Å². The molecule has 1 fully saturated rings. The summed E-state index contributed by atoms with van der Waals surface area (Å²) in [6.45, 7) is 0. The molecule has 1 atom stereocenters. The van der Waals surface area contributed by atoms with Gasteiger partial charge in [0.15, 0.2) is 11.5 Å². The summed E-state index contributed by atoms with van der Waals surface area (Å²) in [5.74, 6) is 1.47. The van der Waals surface area contributed by atoms with Gasteiger partial charge in [-0.15, -0.1) is 11.8 Å². The number of carbonyl (C=O) groups excluding carboxylic acids is 1. The zero-order chi connectivity index (χ0) is 38.9. The number of hydrogen-bond acceptors (Lipinski definition) is 10. The average Bonchev–Trinajstić information content (AvgIpc) is 3.58. The number of nitrogens with zero attached hydrogens (tertiary/aromatic N) is 3. The molecule has 2 heterocycles. The maximum atomic E-state index is 14.0. The molecule has 0 saturated carbocycles. The van der Waals surface area contributed by atoms with E-state index in [0.29, 0.717) is 55.4 Å². The highest BCUT2D eigenvalue weighted by Crippen LogP contribution is 2.47. The Balaban J connectivity index is 1.21. The van der Waals surface area contributed by atoms with Gasteiger partial charge in [-0.25, -0.2) is 9.82 Å². The summed E-state index contributed by atoms with van der Waals surface area (Å²) in [7, 11) is 0.167. The second-order valence-electron chi connectivity index (χ2n) is 12.2. The van der Waals surface area contributed by atoms with Crippen molar-refractivity contribution >= 4 is 78.9 Å². The zero-order valence-electron chi connectivity index (χ0n) is 29.6. The minimum Gasteiger partial charge on any atom is -0.493 e. The quantitative estimate of drug-likeness (QED) is 0.126. The Bertz CT molecular complexity index is 2560. The molecule has 0 radical (unpaired) electrons. The fraction of sp³-hybridized carbons (Fsp3) is 0.154. The molecule has 55 heavy (non-hydrogen) atoms. The molecule has 2 N–H and O–H groups in total. The summed E-state index contributed by atoms with van der Waals surface area (Å²) in [6, 6.07) is 28.6. The van der Waals surface area contributed by atoms with Crippen LogP contribution >= 0.6 is 35.0 Å². The smallest absolute Gasteiger partial charge is 0.280 e. The second-order valence-corrected chi connectivity index (χ2v) is 15.8. The monoisotopic (exact) mass is 817 g/mol. The molecular weight excluding hydrogens is 785 g/mol. The summed E-state index contributed by atoms with van der Waals surface area (Å²) in [4.78, 5) is 35.8. The number of rotatable bonds is 12. The first kappa shape index (κ1) is 37.9. The van der Waals surface area contributed by atoms with E-state index in [1.165, 1.54) is 45.2 Å². The maximum absolute atomic E-state index is 14.0. The highest BCUT2D eigenvalue weighted by molar-refractivity contribution is 8.00.